The fraction of sp³-hybridized carbons (Fsp3) is 0.417. The quantitative estimate of drug-likeness (QED) is 0.345. The molecule has 150 valence electrons. The Labute approximate surface area is 164 Å². The summed E-state index contributed by atoms with van der Waals surface area (Å²) in [5, 5.41) is 0. The average molecular weight is 390 g/mol. The molecule has 0 heterocycles. The average Bonchev–Trinajstić information content (AvgIpc) is 2.69. The molecule has 4 heteroatoms. The van der Waals surface area contributed by atoms with Crippen molar-refractivity contribution in [1.29, 1.82) is 0 Å². The number of hydrogen-bond acceptors (Lipinski definition) is 0. The van der Waals surface area contributed by atoms with Crippen LogP contribution in [0.25, 0.3) is 17.2 Å². The zero-order valence-electron chi connectivity index (χ0n) is 16.2. The number of hydrogen-bond donors (Lipinski definition) is 0. The molecule has 1 aliphatic carbocycles. The van der Waals surface area contributed by atoms with Crippen molar-refractivity contribution >= 4 is 6.08 Å². The van der Waals surface area contributed by atoms with Crippen LogP contribution in [0.2, 0.25) is 0 Å². The van der Waals surface area contributed by atoms with Crippen LogP contribution in [0.3, 0.4) is 0 Å². The van der Waals surface area contributed by atoms with E-state index in [0.29, 0.717) is 18.4 Å². The van der Waals surface area contributed by atoms with Gasteiger partial charge in [-0.05, 0) is 36.3 Å². The third kappa shape index (κ3) is 4.84. The van der Waals surface area contributed by atoms with Crippen LogP contribution in [-0.4, -0.2) is 5.92 Å². The Kier molecular flexibility index (Phi) is 6.58. The first-order valence-corrected chi connectivity index (χ1v) is 10.0. The predicted octanol–water partition coefficient (Wildman–Crippen LogP) is 8.13. The van der Waals surface area contributed by atoms with E-state index in [9.17, 15) is 17.6 Å². The van der Waals surface area contributed by atoms with E-state index in [0.717, 1.165) is 24.8 Å². The monoisotopic (exact) mass is 390 g/mol. The Morgan fingerprint density at radius 2 is 1.64 bits per heavy atom. The van der Waals surface area contributed by atoms with Crippen molar-refractivity contribution < 1.29 is 17.6 Å². The van der Waals surface area contributed by atoms with Crippen LogP contribution >= 0.6 is 0 Å². The highest BCUT2D eigenvalue weighted by Gasteiger charge is 2.35. The van der Waals surface area contributed by atoms with E-state index in [1.54, 1.807) is 30.3 Å². The van der Waals surface area contributed by atoms with E-state index in [1.807, 2.05) is 18.2 Å². The molecule has 0 spiro atoms. The number of allylic oxidation sites excluding steroid dienone is 1. The van der Waals surface area contributed by atoms with E-state index in [-0.39, 0.29) is 29.9 Å². The van der Waals surface area contributed by atoms with Crippen molar-refractivity contribution in [2.75, 3.05) is 0 Å². The van der Waals surface area contributed by atoms with Gasteiger partial charge in [-0.2, -0.15) is 0 Å². The molecule has 0 bridgehead atoms. The van der Waals surface area contributed by atoms with Crippen LogP contribution in [0.15, 0.2) is 42.5 Å². The van der Waals surface area contributed by atoms with Crippen LogP contribution in [-0.2, 0) is 0 Å². The lowest BCUT2D eigenvalue weighted by Crippen LogP contribution is -2.23. The van der Waals surface area contributed by atoms with Gasteiger partial charge in [0.05, 0.1) is 0 Å². The van der Waals surface area contributed by atoms with Gasteiger partial charge in [-0.25, -0.2) is 17.6 Å². The van der Waals surface area contributed by atoms with Crippen LogP contribution < -0.4 is 0 Å². The lowest BCUT2D eigenvalue weighted by molar-refractivity contribution is -0.0382. The predicted molar refractivity (Wildman–Crippen MR) is 107 cm³/mol. The van der Waals surface area contributed by atoms with Gasteiger partial charge < -0.3 is 0 Å². The highest BCUT2D eigenvalue weighted by atomic mass is 19.3. The molecule has 0 atom stereocenters. The number of benzene rings is 2. The van der Waals surface area contributed by atoms with Gasteiger partial charge in [0.25, 0.3) is 0 Å². The lowest BCUT2D eigenvalue weighted by Gasteiger charge is -2.28. The fourth-order valence-corrected chi connectivity index (χ4v) is 3.76. The van der Waals surface area contributed by atoms with Crippen molar-refractivity contribution in [3.8, 4) is 11.1 Å². The normalized spacial score (nSPS) is 17.3. The van der Waals surface area contributed by atoms with E-state index < -0.39 is 17.6 Å². The van der Waals surface area contributed by atoms with Crippen molar-refractivity contribution in [3.63, 3.8) is 0 Å². The molecule has 0 radical (unpaired) electrons. The molecule has 0 aliphatic heterocycles. The summed E-state index contributed by atoms with van der Waals surface area (Å²) in [6.45, 7) is 2.08. The summed E-state index contributed by atoms with van der Waals surface area (Å²) < 4.78 is 55.6. The second kappa shape index (κ2) is 8.93. The summed E-state index contributed by atoms with van der Waals surface area (Å²) >= 11 is 0. The highest BCUT2D eigenvalue weighted by Crippen LogP contribution is 2.41. The Bertz CT molecular complexity index is 811. The zero-order valence-corrected chi connectivity index (χ0v) is 16.2. The Hall–Kier alpha value is -2.10. The molecule has 2 aromatic carbocycles. The summed E-state index contributed by atoms with van der Waals surface area (Å²) in [6, 6.07) is 10.4. The molecular formula is C24H26F4. The number of rotatable bonds is 6. The van der Waals surface area contributed by atoms with Gasteiger partial charge in [0.1, 0.15) is 0 Å². The largest absolute Gasteiger partial charge is 0.248 e. The fourth-order valence-electron chi connectivity index (χ4n) is 3.76. The third-order valence-corrected chi connectivity index (χ3v) is 5.54. The van der Waals surface area contributed by atoms with Crippen molar-refractivity contribution in [2.45, 2.75) is 63.7 Å². The first-order chi connectivity index (χ1) is 13.4. The molecule has 0 nitrogen and oxygen atoms in total. The first kappa shape index (κ1) is 20.6. The lowest BCUT2D eigenvalue weighted by atomic mass is 9.82. The van der Waals surface area contributed by atoms with Crippen LogP contribution in [0.5, 0.6) is 0 Å². The van der Waals surface area contributed by atoms with Crippen molar-refractivity contribution in [1.82, 2.24) is 0 Å². The Balaban J connectivity index is 1.75. The van der Waals surface area contributed by atoms with Crippen molar-refractivity contribution in [3.05, 3.63) is 65.2 Å². The first-order valence-electron chi connectivity index (χ1n) is 10.0. The topological polar surface area (TPSA) is 0 Å². The van der Waals surface area contributed by atoms with Gasteiger partial charge >= 0.3 is 0 Å². The number of unbranched alkanes of at least 4 members (excludes halogenated alkanes) is 2. The van der Waals surface area contributed by atoms with Crippen molar-refractivity contribution in [2.24, 2.45) is 0 Å². The maximum Gasteiger partial charge on any atom is 0.248 e. The number of alkyl halides is 2. The highest BCUT2D eigenvalue weighted by molar-refractivity contribution is 5.67. The van der Waals surface area contributed by atoms with Gasteiger partial charge in [-0.3, -0.25) is 0 Å². The van der Waals surface area contributed by atoms with Crippen LogP contribution in [0.4, 0.5) is 17.6 Å². The second-order valence-corrected chi connectivity index (χ2v) is 7.63. The molecule has 0 aromatic heterocycles. The minimum atomic E-state index is -2.55. The maximum absolute atomic E-state index is 14.6. The van der Waals surface area contributed by atoms with E-state index in [2.05, 4.69) is 6.92 Å². The smallest absolute Gasteiger partial charge is 0.207 e. The molecule has 2 aromatic rings. The maximum atomic E-state index is 14.6. The third-order valence-electron chi connectivity index (χ3n) is 5.54. The van der Waals surface area contributed by atoms with Gasteiger partial charge in [-0.15, -0.1) is 0 Å². The summed E-state index contributed by atoms with van der Waals surface area (Å²) in [6.07, 6.45) is 7.13. The standard InChI is InChI=1S/C24H26F4/c1-2-3-4-5-6-20-11-12-21(23(26)22(20)25)19-9-7-17(8-10-19)18-13-15-24(27,28)16-14-18/h5-12,18H,2-4,13-16H2,1H3. The zero-order chi connectivity index (χ0) is 20.1. The van der Waals surface area contributed by atoms with Crippen LogP contribution in [0, 0.1) is 11.6 Å². The summed E-state index contributed by atoms with van der Waals surface area (Å²) in [5.74, 6) is -4.15. The minimum Gasteiger partial charge on any atom is -0.207 e. The Morgan fingerprint density at radius 1 is 0.964 bits per heavy atom. The molecule has 0 unspecified atom stereocenters. The summed E-state index contributed by atoms with van der Waals surface area (Å²) in [7, 11) is 0. The number of halogens is 4. The molecular weight excluding hydrogens is 364 g/mol. The minimum absolute atomic E-state index is 0.0908. The summed E-state index contributed by atoms with van der Waals surface area (Å²) in [5.41, 5.74) is 2.03. The molecule has 1 fully saturated rings. The van der Waals surface area contributed by atoms with Gasteiger partial charge in [0.2, 0.25) is 5.92 Å². The molecule has 0 amide bonds. The van der Waals surface area contributed by atoms with E-state index >= 15 is 0 Å². The van der Waals surface area contributed by atoms with E-state index in [1.165, 1.54) is 0 Å². The second-order valence-electron chi connectivity index (χ2n) is 7.63. The molecule has 0 N–H and O–H groups in total. The molecule has 28 heavy (non-hydrogen) atoms. The van der Waals surface area contributed by atoms with Gasteiger partial charge in [-0.1, -0.05) is 68.3 Å². The van der Waals surface area contributed by atoms with Gasteiger partial charge in [0.15, 0.2) is 11.6 Å². The van der Waals surface area contributed by atoms with Crippen LogP contribution in [0.1, 0.15) is 68.9 Å². The van der Waals surface area contributed by atoms with E-state index in [4.69, 9.17) is 0 Å². The molecule has 1 aliphatic rings. The Morgan fingerprint density at radius 3 is 2.29 bits per heavy atom. The summed E-state index contributed by atoms with van der Waals surface area (Å²) in [4.78, 5) is 0. The molecule has 0 saturated heterocycles. The SMILES string of the molecule is CCCCC=Cc1ccc(-c2ccc(C3CCC(F)(F)CC3)cc2)c(F)c1F. The molecule has 3 rings (SSSR count). The molecule has 1 saturated carbocycles. The van der Waals surface area contributed by atoms with Gasteiger partial charge in [0, 0.05) is 24.0 Å².